The van der Waals surface area contributed by atoms with Crippen LogP contribution in [0.3, 0.4) is 0 Å². The smallest absolute Gasteiger partial charge is 0.318 e. The third-order valence-electron chi connectivity index (χ3n) is 2.00. The van der Waals surface area contributed by atoms with Crippen LogP contribution >= 0.6 is 0 Å². The Morgan fingerprint density at radius 3 is 2.58 bits per heavy atom. The van der Waals surface area contributed by atoms with Gasteiger partial charge in [0.15, 0.2) is 0 Å². The van der Waals surface area contributed by atoms with Crippen molar-refractivity contribution in [1.29, 1.82) is 0 Å². The molecule has 0 bridgehead atoms. The van der Waals surface area contributed by atoms with Crippen molar-refractivity contribution in [2.24, 2.45) is 5.73 Å². The number of nitrogens with zero attached hydrogens (tertiary/aromatic N) is 3. The Morgan fingerprint density at radius 2 is 2.05 bits per heavy atom. The molecule has 1 rings (SSSR count). The van der Waals surface area contributed by atoms with Gasteiger partial charge in [0.25, 0.3) is 0 Å². The maximum absolute atomic E-state index is 11.3. The fourth-order valence-electron chi connectivity index (χ4n) is 1.34. The number of amides is 3. The molecular formula is C10H17N5O4. The van der Waals surface area contributed by atoms with Gasteiger partial charge in [-0.3, -0.25) is 10.1 Å². The maximum Gasteiger partial charge on any atom is 0.318 e. The van der Waals surface area contributed by atoms with E-state index in [1.165, 1.54) is 10.9 Å². The summed E-state index contributed by atoms with van der Waals surface area (Å²) in [6.07, 6.45) is 0.888. The van der Waals surface area contributed by atoms with Crippen LogP contribution in [0.1, 0.15) is 25.8 Å². The fraction of sp³-hybridized carbons (Fsp3) is 0.600. The molecule has 0 aliphatic rings. The minimum Gasteiger partial charge on any atom is -0.351 e. The van der Waals surface area contributed by atoms with E-state index >= 15 is 0 Å². The van der Waals surface area contributed by atoms with E-state index in [1.54, 1.807) is 0 Å². The number of carbonyl (C=O) groups is 2. The van der Waals surface area contributed by atoms with Crippen LogP contribution < -0.4 is 11.1 Å². The van der Waals surface area contributed by atoms with Crippen LogP contribution in [0.4, 0.5) is 4.79 Å². The van der Waals surface area contributed by atoms with Gasteiger partial charge in [0.05, 0.1) is 6.20 Å². The second-order valence-electron chi connectivity index (χ2n) is 3.50. The van der Waals surface area contributed by atoms with Gasteiger partial charge in [-0.25, -0.2) is 9.48 Å². The number of rotatable bonds is 7. The molecule has 0 aliphatic carbocycles. The number of nitrogens with one attached hydrogen (secondary N) is 1. The number of hydrogen-bond donors (Lipinski definition) is 2. The standard InChI is InChI=1S/C10H17N5O4/c1-3-18-9(19-4-2)7-5-15(14-13-7)6-8(16)12-10(11)17/h5,9H,3-4,6H2,1-2H3,(H3,11,12,16,17). The second kappa shape index (κ2) is 7.44. The number of aromatic nitrogens is 3. The highest BCUT2D eigenvalue weighted by Crippen LogP contribution is 2.15. The highest BCUT2D eigenvalue weighted by molar-refractivity contribution is 5.93. The summed E-state index contributed by atoms with van der Waals surface area (Å²) in [6.45, 7) is 4.41. The van der Waals surface area contributed by atoms with E-state index in [-0.39, 0.29) is 6.54 Å². The van der Waals surface area contributed by atoms with Crippen molar-refractivity contribution in [3.63, 3.8) is 0 Å². The van der Waals surface area contributed by atoms with Crippen molar-refractivity contribution >= 4 is 11.9 Å². The molecule has 1 heterocycles. The summed E-state index contributed by atoms with van der Waals surface area (Å²) < 4.78 is 11.9. The largest absolute Gasteiger partial charge is 0.351 e. The minimum atomic E-state index is -0.910. The van der Waals surface area contributed by atoms with Gasteiger partial charge in [0.1, 0.15) is 12.2 Å². The SMILES string of the molecule is CCOC(OCC)c1cn(CC(=O)NC(N)=O)nn1. The summed E-state index contributed by atoms with van der Waals surface area (Å²) in [7, 11) is 0. The van der Waals surface area contributed by atoms with Crippen LogP contribution in [-0.2, 0) is 20.8 Å². The van der Waals surface area contributed by atoms with Crippen molar-refractivity contribution in [3.8, 4) is 0 Å². The number of nitrogens with two attached hydrogens (primary N) is 1. The molecule has 1 aromatic heterocycles. The summed E-state index contributed by atoms with van der Waals surface area (Å²) in [5.74, 6) is -0.576. The van der Waals surface area contributed by atoms with Gasteiger partial charge < -0.3 is 15.2 Å². The lowest BCUT2D eigenvalue weighted by Gasteiger charge is -2.13. The molecule has 1 aromatic rings. The molecule has 0 radical (unpaired) electrons. The minimum absolute atomic E-state index is 0.166. The topological polar surface area (TPSA) is 121 Å². The Bertz CT molecular complexity index is 427. The molecular weight excluding hydrogens is 254 g/mol. The van der Waals surface area contributed by atoms with Crippen LogP contribution in [0.25, 0.3) is 0 Å². The van der Waals surface area contributed by atoms with Crippen LogP contribution in [0.5, 0.6) is 0 Å². The van der Waals surface area contributed by atoms with Crippen LogP contribution in [0.2, 0.25) is 0 Å². The third kappa shape index (κ3) is 5.02. The molecule has 3 N–H and O–H groups in total. The van der Waals surface area contributed by atoms with E-state index < -0.39 is 18.2 Å². The fourth-order valence-corrected chi connectivity index (χ4v) is 1.34. The molecule has 0 saturated carbocycles. The first kappa shape index (κ1) is 15.1. The molecule has 0 saturated heterocycles. The number of primary amides is 1. The third-order valence-corrected chi connectivity index (χ3v) is 2.00. The maximum atomic E-state index is 11.3. The van der Waals surface area contributed by atoms with Gasteiger partial charge in [-0.15, -0.1) is 5.10 Å². The van der Waals surface area contributed by atoms with Crippen LogP contribution in [0.15, 0.2) is 6.20 Å². The summed E-state index contributed by atoms with van der Waals surface area (Å²) in [5.41, 5.74) is 5.28. The lowest BCUT2D eigenvalue weighted by molar-refractivity contribution is -0.142. The van der Waals surface area contributed by atoms with Crippen molar-refractivity contribution in [3.05, 3.63) is 11.9 Å². The van der Waals surface area contributed by atoms with E-state index in [0.717, 1.165) is 0 Å². The average Bonchev–Trinajstić information content (AvgIpc) is 2.76. The zero-order valence-corrected chi connectivity index (χ0v) is 10.8. The van der Waals surface area contributed by atoms with E-state index in [1.807, 2.05) is 19.2 Å². The lowest BCUT2D eigenvalue weighted by Crippen LogP contribution is -2.37. The molecule has 9 nitrogen and oxygen atoms in total. The van der Waals surface area contributed by atoms with Crippen LogP contribution in [0, 0.1) is 0 Å². The predicted octanol–water partition coefficient (Wildman–Crippen LogP) is -0.455. The van der Waals surface area contributed by atoms with E-state index in [2.05, 4.69) is 10.3 Å². The van der Waals surface area contributed by atoms with Crippen molar-refractivity contribution in [2.75, 3.05) is 13.2 Å². The summed E-state index contributed by atoms with van der Waals surface area (Å²) in [4.78, 5) is 21.8. The highest BCUT2D eigenvalue weighted by atomic mass is 16.7. The molecule has 106 valence electrons. The molecule has 9 heteroatoms. The zero-order valence-electron chi connectivity index (χ0n) is 10.8. The Labute approximate surface area is 110 Å². The summed E-state index contributed by atoms with van der Waals surface area (Å²) >= 11 is 0. The molecule has 0 spiro atoms. The molecule has 0 fully saturated rings. The van der Waals surface area contributed by atoms with Crippen molar-refractivity contribution < 1.29 is 19.1 Å². The Balaban J connectivity index is 2.64. The zero-order chi connectivity index (χ0) is 14.3. The first-order valence-corrected chi connectivity index (χ1v) is 5.79. The summed E-state index contributed by atoms with van der Waals surface area (Å²) in [5, 5.41) is 9.52. The molecule has 19 heavy (non-hydrogen) atoms. The van der Waals surface area contributed by atoms with Gasteiger partial charge >= 0.3 is 6.03 Å². The number of carbonyl (C=O) groups excluding carboxylic acids is 2. The van der Waals surface area contributed by atoms with Gasteiger partial charge in [-0.2, -0.15) is 0 Å². The normalized spacial score (nSPS) is 10.7. The first-order chi connectivity index (χ1) is 9.06. The quantitative estimate of drug-likeness (QED) is 0.647. The summed E-state index contributed by atoms with van der Waals surface area (Å²) in [6, 6.07) is -0.910. The number of hydrogen-bond acceptors (Lipinski definition) is 6. The van der Waals surface area contributed by atoms with Crippen molar-refractivity contribution in [1.82, 2.24) is 20.3 Å². The Morgan fingerprint density at radius 1 is 1.42 bits per heavy atom. The lowest BCUT2D eigenvalue weighted by atomic mass is 10.4. The Hall–Kier alpha value is -2.00. The van der Waals surface area contributed by atoms with E-state index in [0.29, 0.717) is 18.9 Å². The van der Waals surface area contributed by atoms with E-state index in [4.69, 9.17) is 15.2 Å². The molecule has 3 amide bonds. The van der Waals surface area contributed by atoms with Gasteiger partial charge in [0.2, 0.25) is 12.2 Å². The van der Waals surface area contributed by atoms with Gasteiger partial charge in [-0.1, -0.05) is 5.21 Å². The van der Waals surface area contributed by atoms with Crippen molar-refractivity contribution in [2.45, 2.75) is 26.7 Å². The molecule has 0 aliphatic heterocycles. The predicted molar refractivity (Wildman–Crippen MR) is 63.7 cm³/mol. The van der Waals surface area contributed by atoms with Gasteiger partial charge in [0, 0.05) is 13.2 Å². The van der Waals surface area contributed by atoms with Gasteiger partial charge in [-0.05, 0) is 13.8 Å². The van der Waals surface area contributed by atoms with E-state index in [9.17, 15) is 9.59 Å². The molecule has 0 unspecified atom stereocenters. The van der Waals surface area contributed by atoms with Crippen LogP contribution in [-0.4, -0.2) is 40.1 Å². The number of ether oxygens (including phenoxy) is 2. The average molecular weight is 271 g/mol. The number of imide groups is 1. The molecule has 0 atom stereocenters. The Kier molecular flexibility index (Phi) is 5.90. The molecule has 0 aromatic carbocycles. The second-order valence-corrected chi connectivity index (χ2v) is 3.50. The monoisotopic (exact) mass is 271 g/mol. The highest BCUT2D eigenvalue weighted by Gasteiger charge is 2.16. The number of urea groups is 1. The first-order valence-electron chi connectivity index (χ1n) is 5.79.